The number of nitrogens with one attached hydrogen (secondary N) is 3. The molecule has 0 bridgehead atoms. The lowest BCUT2D eigenvalue weighted by atomic mass is 9.84. The first kappa shape index (κ1) is 19.6. The summed E-state index contributed by atoms with van der Waals surface area (Å²) in [7, 11) is 0. The van der Waals surface area contributed by atoms with Gasteiger partial charge in [0.1, 0.15) is 5.82 Å². The third-order valence-corrected chi connectivity index (χ3v) is 5.28. The van der Waals surface area contributed by atoms with Crippen molar-refractivity contribution in [1.29, 1.82) is 0 Å². The summed E-state index contributed by atoms with van der Waals surface area (Å²) in [5.41, 5.74) is 1.21. The zero-order valence-corrected chi connectivity index (χ0v) is 16.6. The van der Waals surface area contributed by atoms with E-state index < -0.39 is 0 Å². The lowest BCUT2D eigenvalue weighted by Crippen LogP contribution is -2.41. The quantitative estimate of drug-likeness (QED) is 0.687. The molecule has 0 radical (unpaired) electrons. The highest BCUT2D eigenvalue weighted by Gasteiger charge is 2.27. The second kappa shape index (κ2) is 9.20. The maximum Gasteiger partial charge on any atom is 0.259 e. The Morgan fingerprint density at radius 1 is 1.22 bits per heavy atom. The number of carbonyl (C=O) groups is 1. The average molecular weight is 387 g/mol. The molecule has 0 aliphatic carbocycles. The van der Waals surface area contributed by atoms with Crippen molar-refractivity contribution < 1.29 is 4.79 Å². The van der Waals surface area contributed by atoms with Gasteiger partial charge in [0.25, 0.3) is 5.91 Å². The molecular weight excluding hydrogens is 360 g/mol. The third kappa shape index (κ3) is 5.21. The van der Waals surface area contributed by atoms with Crippen molar-refractivity contribution in [3.63, 3.8) is 0 Å². The van der Waals surface area contributed by atoms with Gasteiger partial charge in [-0.3, -0.25) is 4.79 Å². The Hall–Kier alpha value is -2.11. The number of pyridine rings is 1. The van der Waals surface area contributed by atoms with E-state index in [4.69, 9.17) is 11.6 Å². The fraction of sp³-hybridized carbons (Fsp3) is 0.429. The van der Waals surface area contributed by atoms with Crippen molar-refractivity contribution in [2.24, 2.45) is 11.8 Å². The van der Waals surface area contributed by atoms with Gasteiger partial charge in [-0.25, -0.2) is 4.98 Å². The van der Waals surface area contributed by atoms with Crippen molar-refractivity contribution in [1.82, 2.24) is 10.3 Å². The number of anilines is 2. The van der Waals surface area contributed by atoms with Crippen LogP contribution in [-0.4, -0.2) is 30.0 Å². The van der Waals surface area contributed by atoms with Crippen LogP contribution < -0.4 is 16.0 Å². The summed E-state index contributed by atoms with van der Waals surface area (Å²) in [6.45, 7) is 6.52. The van der Waals surface area contributed by atoms with E-state index in [2.05, 4.69) is 34.8 Å². The van der Waals surface area contributed by atoms with E-state index in [0.29, 0.717) is 33.9 Å². The minimum absolute atomic E-state index is 0.194. The molecule has 6 heteroatoms. The Kier molecular flexibility index (Phi) is 6.69. The van der Waals surface area contributed by atoms with Crippen LogP contribution in [0, 0.1) is 11.8 Å². The summed E-state index contributed by atoms with van der Waals surface area (Å²) in [4.78, 5) is 17.3. The second-order valence-electron chi connectivity index (χ2n) is 7.37. The van der Waals surface area contributed by atoms with Gasteiger partial charge in [-0.15, -0.1) is 0 Å². The highest BCUT2D eigenvalue weighted by atomic mass is 35.5. The smallest absolute Gasteiger partial charge is 0.259 e. The zero-order valence-electron chi connectivity index (χ0n) is 15.8. The Morgan fingerprint density at radius 3 is 2.70 bits per heavy atom. The molecule has 1 aliphatic rings. The van der Waals surface area contributed by atoms with Crippen LogP contribution in [-0.2, 0) is 0 Å². The Balaban J connectivity index is 1.78. The summed E-state index contributed by atoms with van der Waals surface area (Å²) in [6, 6.07) is 11.0. The number of hydrogen-bond acceptors (Lipinski definition) is 4. The Morgan fingerprint density at radius 2 is 2.00 bits per heavy atom. The topological polar surface area (TPSA) is 66.0 Å². The maximum absolute atomic E-state index is 12.8. The maximum atomic E-state index is 12.8. The standard InChI is InChI=1S/C21H27ClN4O/c1-14(2)19(15-8-11-23-12-9-15)26-20-18(7-4-10-24-20)21(27)25-17-6-3-5-16(22)13-17/h3-7,10,13-15,19,23H,8-9,11-12H2,1-2H3,(H,24,26)(H,25,27). The van der Waals surface area contributed by atoms with E-state index in [1.54, 1.807) is 30.5 Å². The fourth-order valence-corrected chi connectivity index (χ4v) is 3.85. The Bertz CT molecular complexity index is 774. The van der Waals surface area contributed by atoms with Crippen LogP contribution in [0.1, 0.15) is 37.0 Å². The summed E-state index contributed by atoms with van der Waals surface area (Å²) in [6.07, 6.45) is 3.98. The highest BCUT2D eigenvalue weighted by Crippen LogP contribution is 2.26. The minimum atomic E-state index is -0.194. The fourth-order valence-electron chi connectivity index (χ4n) is 3.66. The molecule has 0 spiro atoms. The van der Waals surface area contributed by atoms with Gasteiger partial charge in [0.05, 0.1) is 5.56 Å². The van der Waals surface area contributed by atoms with Crippen molar-refractivity contribution in [3.05, 3.63) is 53.2 Å². The van der Waals surface area contributed by atoms with Gasteiger partial charge in [0.2, 0.25) is 0 Å². The Labute approximate surface area is 165 Å². The van der Waals surface area contributed by atoms with Crippen LogP contribution in [0.3, 0.4) is 0 Å². The number of hydrogen-bond donors (Lipinski definition) is 3. The predicted molar refractivity (Wildman–Crippen MR) is 111 cm³/mol. The van der Waals surface area contributed by atoms with Crippen LogP contribution >= 0.6 is 11.6 Å². The molecule has 1 atom stereocenters. The number of carbonyl (C=O) groups excluding carboxylic acids is 1. The number of halogens is 1. The van der Waals surface area contributed by atoms with E-state index in [1.807, 2.05) is 12.1 Å². The van der Waals surface area contributed by atoms with E-state index in [0.717, 1.165) is 25.9 Å². The number of piperidine rings is 1. The molecule has 2 aromatic rings. The average Bonchev–Trinajstić information content (AvgIpc) is 2.67. The zero-order chi connectivity index (χ0) is 19.2. The molecular formula is C21H27ClN4O. The predicted octanol–water partition coefficient (Wildman–Crippen LogP) is 4.42. The number of amides is 1. The SMILES string of the molecule is CC(C)C(Nc1ncccc1C(=O)Nc1cccc(Cl)c1)C1CCNCC1. The van der Waals surface area contributed by atoms with Gasteiger partial charge < -0.3 is 16.0 Å². The van der Waals surface area contributed by atoms with Crippen molar-refractivity contribution >= 4 is 29.0 Å². The molecule has 1 aromatic carbocycles. The molecule has 1 aromatic heterocycles. The molecule has 1 unspecified atom stereocenters. The third-order valence-electron chi connectivity index (χ3n) is 5.05. The minimum Gasteiger partial charge on any atom is -0.366 e. The number of aromatic nitrogens is 1. The van der Waals surface area contributed by atoms with Gasteiger partial charge in [-0.1, -0.05) is 31.5 Å². The van der Waals surface area contributed by atoms with Gasteiger partial charge in [0.15, 0.2) is 0 Å². The van der Waals surface area contributed by atoms with Crippen molar-refractivity contribution in [2.45, 2.75) is 32.7 Å². The first-order valence-electron chi connectivity index (χ1n) is 9.54. The van der Waals surface area contributed by atoms with E-state index in [-0.39, 0.29) is 11.9 Å². The number of rotatable bonds is 6. The largest absolute Gasteiger partial charge is 0.366 e. The molecule has 3 N–H and O–H groups in total. The van der Waals surface area contributed by atoms with E-state index >= 15 is 0 Å². The molecule has 1 fully saturated rings. The first-order chi connectivity index (χ1) is 13.0. The lowest BCUT2D eigenvalue weighted by Gasteiger charge is -2.34. The van der Waals surface area contributed by atoms with Crippen LogP contribution in [0.5, 0.6) is 0 Å². The van der Waals surface area contributed by atoms with Crippen molar-refractivity contribution in [3.8, 4) is 0 Å². The molecule has 5 nitrogen and oxygen atoms in total. The van der Waals surface area contributed by atoms with E-state index in [1.165, 1.54) is 0 Å². The molecule has 2 heterocycles. The first-order valence-corrected chi connectivity index (χ1v) is 9.91. The summed E-state index contributed by atoms with van der Waals surface area (Å²) in [5.74, 6) is 1.45. The van der Waals surface area contributed by atoms with Crippen LogP contribution in [0.2, 0.25) is 5.02 Å². The number of benzene rings is 1. The normalized spacial score (nSPS) is 16.1. The summed E-state index contributed by atoms with van der Waals surface area (Å²) < 4.78 is 0. The second-order valence-corrected chi connectivity index (χ2v) is 7.80. The summed E-state index contributed by atoms with van der Waals surface area (Å²) in [5, 5.41) is 10.5. The molecule has 144 valence electrons. The van der Waals surface area contributed by atoms with Gasteiger partial charge >= 0.3 is 0 Å². The molecule has 1 aliphatic heterocycles. The van der Waals surface area contributed by atoms with Crippen molar-refractivity contribution in [2.75, 3.05) is 23.7 Å². The molecule has 0 saturated carbocycles. The number of nitrogens with zero attached hydrogens (tertiary/aromatic N) is 1. The van der Waals surface area contributed by atoms with Crippen LogP contribution in [0.4, 0.5) is 11.5 Å². The highest BCUT2D eigenvalue weighted by molar-refractivity contribution is 6.31. The summed E-state index contributed by atoms with van der Waals surface area (Å²) >= 11 is 6.01. The molecule has 3 rings (SSSR count). The molecule has 1 saturated heterocycles. The van der Waals surface area contributed by atoms with Gasteiger partial charge in [-0.05, 0) is 68.1 Å². The lowest BCUT2D eigenvalue weighted by molar-refractivity contribution is 0.102. The van der Waals surface area contributed by atoms with Gasteiger partial charge in [0, 0.05) is 22.9 Å². The van der Waals surface area contributed by atoms with Gasteiger partial charge in [-0.2, -0.15) is 0 Å². The molecule has 1 amide bonds. The monoisotopic (exact) mass is 386 g/mol. The van der Waals surface area contributed by atoms with E-state index in [9.17, 15) is 4.79 Å². The van der Waals surface area contributed by atoms with Crippen LogP contribution in [0.25, 0.3) is 0 Å². The molecule has 27 heavy (non-hydrogen) atoms. The van der Waals surface area contributed by atoms with Crippen LogP contribution in [0.15, 0.2) is 42.6 Å².